The van der Waals surface area contributed by atoms with Crippen molar-refractivity contribution in [1.82, 2.24) is 4.90 Å². The van der Waals surface area contributed by atoms with E-state index in [1.54, 1.807) is 0 Å². The predicted molar refractivity (Wildman–Crippen MR) is 79.3 cm³/mol. The summed E-state index contributed by atoms with van der Waals surface area (Å²) in [5.74, 6) is 0.141. The number of aliphatic carboxylic acids is 1. The molecule has 1 aliphatic heterocycles. The van der Waals surface area contributed by atoms with E-state index in [4.69, 9.17) is 0 Å². The van der Waals surface area contributed by atoms with Gasteiger partial charge >= 0.3 is 5.97 Å². The molecule has 3 nitrogen and oxygen atoms in total. The molecule has 1 saturated heterocycles. The van der Waals surface area contributed by atoms with E-state index < -0.39 is 11.4 Å². The number of rotatable bonds is 7. The van der Waals surface area contributed by atoms with Crippen molar-refractivity contribution in [3.8, 4) is 0 Å². The Kier molecular flexibility index (Phi) is 6.31. The van der Waals surface area contributed by atoms with E-state index >= 15 is 0 Å². The molecule has 1 N–H and O–H groups in total. The van der Waals surface area contributed by atoms with Crippen molar-refractivity contribution >= 4 is 5.97 Å². The average Bonchev–Trinajstić information content (AvgIpc) is 2.36. The summed E-state index contributed by atoms with van der Waals surface area (Å²) in [6, 6.07) is 0.512. The number of piperidine rings is 1. The first-order chi connectivity index (χ1) is 8.91. The van der Waals surface area contributed by atoms with Crippen molar-refractivity contribution in [3.63, 3.8) is 0 Å². The minimum Gasteiger partial charge on any atom is -0.481 e. The first-order valence-electron chi connectivity index (χ1n) is 7.88. The molecule has 0 radical (unpaired) electrons. The van der Waals surface area contributed by atoms with Crippen LogP contribution in [0.1, 0.15) is 66.2 Å². The molecule has 0 bridgehead atoms. The molecule has 0 aromatic heterocycles. The van der Waals surface area contributed by atoms with E-state index in [2.05, 4.69) is 32.6 Å². The predicted octanol–water partition coefficient (Wildman–Crippen LogP) is 3.78. The fourth-order valence-electron chi connectivity index (χ4n) is 3.26. The van der Waals surface area contributed by atoms with Crippen LogP contribution in [0.15, 0.2) is 0 Å². The topological polar surface area (TPSA) is 40.5 Å². The second-order valence-corrected chi connectivity index (χ2v) is 6.73. The number of likely N-dealkylation sites (tertiary alicyclic amines) is 1. The maximum atomic E-state index is 11.7. The van der Waals surface area contributed by atoms with Crippen LogP contribution in [0.25, 0.3) is 0 Å². The van der Waals surface area contributed by atoms with E-state index in [1.807, 2.05) is 0 Å². The Labute approximate surface area is 118 Å². The standard InChI is InChI=1S/C16H31NO2/c1-5-9-16(15(18)19)10-6-11-17(12-16)14(4)8-7-13(2)3/h13-14H,5-12H2,1-4H3,(H,18,19). The van der Waals surface area contributed by atoms with Gasteiger partial charge in [-0.2, -0.15) is 0 Å². The summed E-state index contributed by atoms with van der Waals surface area (Å²) in [6.07, 6.45) is 6.06. The minimum absolute atomic E-state index is 0.487. The lowest BCUT2D eigenvalue weighted by molar-refractivity contribution is -0.154. The van der Waals surface area contributed by atoms with Gasteiger partial charge in [-0.05, 0) is 51.5 Å². The molecule has 0 spiro atoms. The summed E-state index contributed by atoms with van der Waals surface area (Å²) in [6.45, 7) is 10.7. The van der Waals surface area contributed by atoms with Crippen molar-refractivity contribution < 1.29 is 9.90 Å². The van der Waals surface area contributed by atoms with Gasteiger partial charge in [0.1, 0.15) is 0 Å². The molecule has 1 heterocycles. The van der Waals surface area contributed by atoms with Gasteiger partial charge in [-0.25, -0.2) is 0 Å². The van der Waals surface area contributed by atoms with Crippen molar-refractivity contribution in [3.05, 3.63) is 0 Å². The summed E-state index contributed by atoms with van der Waals surface area (Å²) < 4.78 is 0. The van der Waals surface area contributed by atoms with Gasteiger partial charge in [-0.15, -0.1) is 0 Å². The molecule has 0 amide bonds. The molecule has 0 aromatic rings. The van der Waals surface area contributed by atoms with Gasteiger partial charge in [0.25, 0.3) is 0 Å². The third-order valence-electron chi connectivity index (χ3n) is 4.57. The van der Waals surface area contributed by atoms with E-state index in [0.717, 1.165) is 44.7 Å². The van der Waals surface area contributed by atoms with E-state index in [9.17, 15) is 9.90 Å². The quantitative estimate of drug-likeness (QED) is 0.764. The van der Waals surface area contributed by atoms with Crippen molar-refractivity contribution in [2.75, 3.05) is 13.1 Å². The van der Waals surface area contributed by atoms with Gasteiger partial charge in [-0.1, -0.05) is 27.2 Å². The monoisotopic (exact) mass is 269 g/mol. The van der Waals surface area contributed by atoms with Crippen LogP contribution in [0.4, 0.5) is 0 Å². The second-order valence-electron chi connectivity index (χ2n) is 6.73. The lowest BCUT2D eigenvalue weighted by Crippen LogP contribution is -2.50. The molecule has 0 aromatic carbocycles. The average molecular weight is 269 g/mol. The highest BCUT2D eigenvalue weighted by atomic mass is 16.4. The van der Waals surface area contributed by atoms with Crippen LogP contribution in [-0.4, -0.2) is 35.1 Å². The van der Waals surface area contributed by atoms with Crippen LogP contribution in [0.2, 0.25) is 0 Å². The Morgan fingerprint density at radius 1 is 1.32 bits per heavy atom. The first kappa shape index (κ1) is 16.5. The molecular weight excluding hydrogens is 238 g/mol. The van der Waals surface area contributed by atoms with Crippen LogP contribution in [0, 0.1) is 11.3 Å². The van der Waals surface area contributed by atoms with E-state index in [1.165, 1.54) is 12.8 Å². The number of hydrogen-bond acceptors (Lipinski definition) is 2. The summed E-state index contributed by atoms with van der Waals surface area (Å²) in [5.41, 5.74) is -0.487. The van der Waals surface area contributed by atoms with Gasteiger partial charge in [0, 0.05) is 12.6 Å². The summed E-state index contributed by atoms with van der Waals surface area (Å²) in [5, 5.41) is 9.61. The molecule has 0 saturated carbocycles. The van der Waals surface area contributed by atoms with E-state index in [-0.39, 0.29) is 0 Å². The zero-order valence-electron chi connectivity index (χ0n) is 13.1. The van der Waals surface area contributed by atoms with Gasteiger partial charge in [0.15, 0.2) is 0 Å². The Morgan fingerprint density at radius 2 is 2.00 bits per heavy atom. The zero-order valence-corrected chi connectivity index (χ0v) is 13.1. The highest BCUT2D eigenvalue weighted by Crippen LogP contribution is 2.36. The van der Waals surface area contributed by atoms with Crippen LogP contribution in [0.3, 0.4) is 0 Å². The molecule has 1 fully saturated rings. The Hall–Kier alpha value is -0.570. The molecule has 0 aliphatic carbocycles. The van der Waals surface area contributed by atoms with Crippen LogP contribution in [-0.2, 0) is 4.79 Å². The highest BCUT2D eigenvalue weighted by Gasteiger charge is 2.42. The molecular formula is C16H31NO2. The van der Waals surface area contributed by atoms with Crippen LogP contribution < -0.4 is 0 Å². The minimum atomic E-state index is -0.588. The van der Waals surface area contributed by atoms with Gasteiger partial charge in [0.2, 0.25) is 0 Å². The Morgan fingerprint density at radius 3 is 2.53 bits per heavy atom. The fraction of sp³-hybridized carbons (Fsp3) is 0.938. The SMILES string of the molecule is CCCC1(C(=O)O)CCCN(C(C)CCC(C)C)C1. The molecule has 3 heteroatoms. The largest absolute Gasteiger partial charge is 0.481 e. The van der Waals surface area contributed by atoms with Gasteiger partial charge in [0.05, 0.1) is 5.41 Å². The fourth-order valence-corrected chi connectivity index (χ4v) is 3.26. The molecule has 2 atom stereocenters. The van der Waals surface area contributed by atoms with Gasteiger partial charge < -0.3 is 5.11 Å². The molecule has 19 heavy (non-hydrogen) atoms. The first-order valence-corrected chi connectivity index (χ1v) is 7.88. The number of carbonyl (C=O) groups is 1. The van der Waals surface area contributed by atoms with Crippen LogP contribution >= 0.6 is 0 Å². The zero-order chi connectivity index (χ0) is 14.5. The highest BCUT2D eigenvalue weighted by molar-refractivity contribution is 5.75. The summed E-state index contributed by atoms with van der Waals surface area (Å²) >= 11 is 0. The van der Waals surface area contributed by atoms with Gasteiger partial charge in [-0.3, -0.25) is 9.69 Å². The Balaban J connectivity index is 2.63. The summed E-state index contributed by atoms with van der Waals surface area (Å²) in [7, 11) is 0. The number of carboxylic acid groups (broad SMARTS) is 1. The number of nitrogens with zero attached hydrogens (tertiary/aromatic N) is 1. The maximum Gasteiger partial charge on any atom is 0.310 e. The van der Waals surface area contributed by atoms with Crippen molar-refractivity contribution in [2.45, 2.75) is 72.3 Å². The lowest BCUT2D eigenvalue weighted by Gasteiger charge is -2.42. The van der Waals surface area contributed by atoms with Crippen LogP contribution in [0.5, 0.6) is 0 Å². The smallest absolute Gasteiger partial charge is 0.310 e. The molecule has 2 unspecified atom stereocenters. The third-order valence-corrected chi connectivity index (χ3v) is 4.57. The molecule has 1 aliphatic rings. The third kappa shape index (κ3) is 4.48. The lowest BCUT2D eigenvalue weighted by atomic mass is 9.76. The molecule has 1 rings (SSSR count). The summed E-state index contributed by atoms with van der Waals surface area (Å²) in [4.78, 5) is 14.1. The molecule has 112 valence electrons. The van der Waals surface area contributed by atoms with Crippen molar-refractivity contribution in [1.29, 1.82) is 0 Å². The number of hydrogen-bond donors (Lipinski definition) is 1. The maximum absolute atomic E-state index is 11.7. The van der Waals surface area contributed by atoms with E-state index in [0.29, 0.717) is 6.04 Å². The van der Waals surface area contributed by atoms with Crippen molar-refractivity contribution in [2.24, 2.45) is 11.3 Å². The second kappa shape index (κ2) is 7.28. The normalized spacial score (nSPS) is 26.6. The number of carboxylic acids is 1. The Bertz CT molecular complexity index is 286.